The Morgan fingerprint density at radius 2 is 1.81 bits per heavy atom. The molecule has 4 nitrogen and oxygen atoms in total. The number of rotatable bonds is 4. The van der Waals surface area contributed by atoms with Crippen LogP contribution < -0.4 is 15.4 Å². The molecule has 2 N–H and O–H groups in total. The van der Waals surface area contributed by atoms with E-state index in [4.69, 9.17) is 4.74 Å². The van der Waals surface area contributed by atoms with E-state index in [0.717, 1.165) is 11.3 Å². The van der Waals surface area contributed by atoms with Crippen LogP contribution in [0.15, 0.2) is 48.5 Å². The predicted octanol–water partition coefficient (Wildman–Crippen LogP) is 4.46. The summed E-state index contributed by atoms with van der Waals surface area (Å²) in [5.74, 6) is 1.05. The van der Waals surface area contributed by atoms with E-state index in [-0.39, 0.29) is 6.03 Å². The molecule has 0 saturated heterocycles. The van der Waals surface area contributed by atoms with Gasteiger partial charge in [0.15, 0.2) is 0 Å². The summed E-state index contributed by atoms with van der Waals surface area (Å²) >= 11 is 0. The number of hydrogen-bond donors (Lipinski definition) is 2. The molecule has 2 amide bonds. The molecular formula is C17H20N2O2. The molecule has 4 heteroatoms. The van der Waals surface area contributed by atoms with Crippen molar-refractivity contribution in [3.05, 3.63) is 54.1 Å². The number of nitrogens with one attached hydrogen (secondary N) is 2. The van der Waals surface area contributed by atoms with Crippen LogP contribution >= 0.6 is 0 Å². The van der Waals surface area contributed by atoms with Crippen LogP contribution in [-0.4, -0.2) is 13.1 Å². The largest absolute Gasteiger partial charge is 0.497 e. The van der Waals surface area contributed by atoms with E-state index < -0.39 is 0 Å². The molecule has 0 unspecified atom stereocenters. The Labute approximate surface area is 125 Å². The molecule has 2 aromatic rings. The third-order valence-electron chi connectivity index (χ3n) is 3.16. The van der Waals surface area contributed by atoms with Crippen LogP contribution in [0.3, 0.4) is 0 Å². The Kier molecular flexibility index (Phi) is 4.82. The number of carbonyl (C=O) groups is 1. The van der Waals surface area contributed by atoms with Gasteiger partial charge in [-0.2, -0.15) is 0 Å². The number of ether oxygens (including phenoxy) is 1. The SMILES string of the molecule is COc1cccc(NC(=O)Nc2ccccc2C(C)C)c1. The van der Waals surface area contributed by atoms with E-state index in [9.17, 15) is 4.79 Å². The second-order valence-corrected chi connectivity index (χ2v) is 5.05. The van der Waals surface area contributed by atoms with Gasteiger partial charge in [-0.05, 0) is 29.7 Å². The first-order valence-corrected chi connectivity index (χ1v) is 6.91. The highest BCUT2D eigenvalue weighted by molar-refractivity contribution is 6.00. The standard InChI is InChI=1S/C17H20N2O2/c1-12(2)15-9-4-5-10-16(15)19-17(20)18-13-7-6-8-14(11-13)21-3/h4-12H,1-3H3,(H2,18,19,20). The van der Waals surface area contributed by atoms with E-state index in [1.165, 1.54) is 0 Å². The van der Waals surface area contributed by atoms with Gasteiger partial charge in [-0.15, -0.1) is 0 Å². The predicted molar refractivity (Wildman–Crippen MR) is 86.2 cm³/mol. The molecule has 0 bridgehead atoms. The Morgan fingerprint density at radius 1 is 1.05 bits per heavy atom. The maximum Gasteiger partial charge on any atom is 0.323 e. The molecule has 0 spiro atoms. The fraction of sp³-hybridized carbons (Fsp3) is 0.235. The minimum atomic E-state index is -0.267. The van der Waals surface area contributed by atoms with Gasteiger partial charge in [0.05, 0.1) is 7.11 Å². The van der Waals surface area contributed by atoms with Crippen molar-refractivity contribution < 1.29 is 9.53 Å². The van der Waals surface area contributed by atoms with Gasteiger partial charge in [-0.25, -0.2) is 4.79 Å². The fourth-order valence-corrected chi connectivity index (χ4v) is 2.10. The van der Waals surface area contributed by atoms with Gasteiger partial charge < -0.3 is 15.4 Å². The zero-order valence-corrected chi connectivity index (χ0v) is 12.5. The van der Waals surface area contributed by atoms with Crippen molar-refractivity contribution in [2.45, 2.75) is 19.8 Å². The number of amides is 2. The molecule has 110 valence electrons. The van der Waals surface area contributed by atoms with Crippen molar-refractivity contribution >= 4 is 17.4 Å². The topological polar surface area (TPSA) is 50.4 Å². The summed E-state index contributed by atoms with van der Waals surface area (Å²) in [4.78, 5) is 12.1. The normalized spacial score (nSPS) is 10.3. The number of hydrogen-bond acceptors (Lipinski definition) is 2. The number of anilines is 2. The Bertz CT molecular complexity index is 624. The van der Waals surface area contributed by atoms with Crippen molar-refractivity contribution in [2.24, 2.45) is 0 Å². The first kappa shape index (κ1) is 14.9. The summed E-state index contributed by atoms with van der Waals surface area (Å²) in [7, 11) is 1.60. The molecule has 0 fully saturated rings. The van der Waals surface area contributed by atoms with Gasteiger partial charge in [-0.1, -0.05) is 38.1 Å². The average Bonchev–Trinajstić information content (AvgIpc) is 2.47. The number of carbonyl (C=O) groups excluding carboxylic acids is 1. The summed E-state index contributed by atoms with van der Waals surface area (Å²) in [6, 6.07) is 14.8. The van der Waals surface area contributed by atoms with Crippen molar-refractivity contribution in [1.82, 2.24) is 0 Å². The summed E-state index contributed by atoms with van der Waals surface area (Å²) in [6.45, 7) is 4.20. The maximum atomic E-state index is 12.1. The molecule has 0 aliphatic carbocycles. The van der Waals surface area contributed by atoms with Crippen LogP contribution in [-0.2, 0) is 0 Å². The van der Waals surface area contributed by atoms with Gasteiger partial charge in [0.1, 0.15) is 5.75 Å². The quantitative estimate of drug-likeness (QED) is 0.870. The molecule has 0 radical (unpaired) electrons. The van der Waals surface area contributed by atoms with Crippen LogP contribution in [0.4, 0.5) is 16.2 Å². The summed E-state index contributed by atoms with van der Waals surface area (Å²) in [6.07, 6.45) is 0. The van der Waals surface area contributed by atoms with E-state index in [0.29, 0.717) is 17.4 Å². The lowest BCUT2D eigenvalue weighted by Gasteiger charge is -2.14. The molecular weight excluding hydrogens is 264 g/mol. The van der Waals surface area contributed by atoms with Crippen LogP contribution in [0.5, 0.6) is 5.75 Å². The molecule has 0 atom stereocenters. The highest BCUT2D eigenvalue weighted by Crippen LogP contribution is 2.24. The van der Waals surface area contributed by atoms with Gasteiger partial charge >= 0.3 is 6.03 Å². The Morgan fingerprint density at radius 3 is 2.52 bits per heavy atom. The third kappa shape index (κ3) is 3.99. The molecule has 2 rings (SSSR count). The molecule has 2 aromatic carbocycles. The average molecular weight is 284 g/mol. The number of para-hydroxylation sites is 1. The van der Waals surface area contributed by atoms with Gasteiger partial charge in [-0.3, -0.25) is 0 Å². The zero-order chi connectivity index (χ0) is 15.2. The molecule has 0 aliphatic heterocycles. The smallest absolute Gasteiger partial charge is 0.323 e. The van der Waals surface area contributed by atoms with E-state index in [2.05, 4.69) is 24.5 Å². The number of benzene rings is 2. The van der Waals surface area contributed by atoms with Crippen LogP contribution in [0.25, 0.3) is 0 Å². The number of methoxy groups -OCH3 is 1. The summed E-state index contributed by atoms with van der Waals surface area (Å²) in [5.41, 5.74) is 2.63. The van der Waals surface area contributed by atoms with Crippen LogP contribution in [0.2, 0.25) is 0 Å². The Balaban J connectivity index is 2.08. The minimum Gasteiger partial charge on any atom is -0.497 e. The second kappa shape index (κ2) is 6.79. The van der Waals surface area contributed by atoms with Crippen molar-refractivity contribution in [3.8, 4) is 5.75 Å². The lowest BCUT2D eigenvalue weighted by Crippen LogP contribution is -2.20. The summed E-state index contributed by atoms with van der Waals surface area (Å²) < 4.78 is 5.13. The molecule has 0 aromatic heterocycles. The third-order valence-corrected chi connectivity index (χ3v) is 3.16. The highest BCUT2D eigenvalue weighted by Gasteiger charge is 2.09. The Hall–Kier alpha value is -2.49. The van der Waals surface area contributed by atoms with Gasteiger partial charge in [0.2, 0.25) is 0 Å². The fourth-order valence-electron chi connectivity index (χ4n) is 2.10. The number of urea groups is 1. The molecule has 0 saturated carbocycles. The first-order valence-electron chi connectivity index (χ1n) is 6.91. The van der Waals surface area contributed by atoms with Crippen molar-refractivity contribution in [2.75, 3.05) is 17.7 Å². The van der Waals surface area contributed by atoms with Crippen LogP contribution in [0, 0.1) is 0 Å². The highest BCUT2D eigenvalue weighted by atomic mass is 16.5. The van der Waals surface area contributed by atoms with Crippen LogP contribution in [0.1, 0.15) is 25.3 Å². The lowest BCUT2D eigenvalue weighted by molar-refractivity contribution is 0.262. The van der Waals surface area contributed by atoms with E-state index in [1.54, 1.807) is 13.2 Å². The molecule has 21 heavy (non-hydrogen) atoms. The summed E-state index contributed by atoms with van der Waals surface area (Å²) in [5, 5.41) is 5.69. The second-order valence-electron chi connectivity index (χ2n) is 5.05. The molecule has 0 aliphatic rings. The first-order chi connectivity index (χ1) is 10.1. The monoisotopic (exact) mass is 284 g/mol. The lowest BCUT2D eigenvalue weighted by atomic mass is 10.0. The van der Waals surface area contributed by atoms with E-state index >= 15 is 0 Å². The van der Waals surface area contributed by atoms with Crippen molar-refractivity contribution in [3.63, 3.8) is 0 Å². The maximum absolute atomic E-state index is 12.1. The molecule has 0 heterocycles. The van der Waals surface area contributed by atoms with E-state index in [1.807, 2.05) is 42.5 Å². The van der Waals surface area contributed by atoms with Gasteiger partial charge in [0.25, 0.3) is 0 Å². The minimum absolute atomic E-state index is 0.267. The zero-order valence-electron chi connectivity index (χ0n) is 12.5. The van der Waals surface area contributed by atoms with Gasteiger partial charge in [0, 0.05) is 17.4 Å². The van der Waals surface area contributed by atoms with Crippen molar-refractivity contribution in [1.29, 1.82) is 0 Å².